The Labute approximate surface area is 140 Å². The molecule has 2 rings (SSSR count). The monoisotopic (exact) mass is 337 g/mol. The fourth-order valence-electron chi connectivity index (χ4n) is 2.37. The first kappa shape index (κ1) is 17.8. The number of benzene rings is 1. The molecule has 1 heterocycles. The molecule has 1 aromatic rings. The van der Waals surface area contributed by atoms with Crippen LogP contribution in [0.1, 0.15) is 15.9 Å². The number of rotatable bonds is 5. The number of thioether (sulfide) groups is 1. The van der Waals surface area contributed by atoms with Crippen molar-refractivity contribution >= 4 is 29.3 Å². The summed E-state index contributed by atoms with van der Waals surface area (Å²) in [4.78, 5) is 26.3. The average molecular weight is 337 g/mol. The van der Waals surface area contributed by atoms with E-state index in [1.165, 1.54) is 7.11 Å². The number of nitrogens with zero attached hydrogens (tertiary/aromatic N) is 1. The molecule has 0 radical (unpaired) electrons. The van der Waals surface area contributed by atoms with E-state index >= 15 is 0 Å². The molecule has 6 nitrogen and oxygen atoms in total. The van der Waals surface area contributed by atoms with Crippen LogP contribution in [0.4, 0.5) is 5.69 Å². The van der Waals surface area contributed by atoms with E-state index in [1.807, 2.05) is 29.7 Å². The quantitative estimate of drug-likeness (QED) is 0.840. The highest BCUT2D eigenvalue weighted by Gasteiger charge is 2.19. The molecular formula is C16H23N3O3S. The second-order valence-corrected chi connectivity index (χ2v) is 6.71. The lowest BCUT2D eigenvalue weighted by Crippen LogP contribution is -2.39. The molecule has 1 aromatic carbocycles. The van der Waals surface area contributed by atoms with Gasteiger partial charge in [0.15, 0.2) is 0 Å². The molecule has 0 spiro atoms. The fourth-order valence-corrected chi connectivity index (χ4v) is 3.27. The van der Waals surface area contributed by atoms with Gasteiger partial charge in [0, 0.05) is 43.0 Å². The number of aryl methyl sites for hydroxylation is 1. The number of carbonyl (C=O) groups excluding carboxylic acids is 2. The molecule has 0 saturated carbocycles. The van der Waals surface area contributed by atoms with Gasteiger partial charge in [0.2, 0.25) is 5.91 Å². The minimum atomic E-state index is -0.716. The van der Waals surface area contributed by atoms with Gasteiger partial charge in [-0.3, -0.25) is 9.59 Å². The van der Waals surface area contributed by atoms with Crippen molar-refractivity contribution in [2.75, 3.05) is 43.6 Å². The molecule has 0 aromatic heterocycles. The van der Waals surface area contributed by atoms with Crippen molar-refractivity contribution in [3.05, 3.63) is 29.3 Å². The predicted octanol–water partition coefficient (Wildman–Crippen LogP) is 1.10. The van der Waals surface area contributed by atoms with Gasteiger partial charge in [-0.05, 0) is 30.7 Å². The highest BCUT2D eigenvalue weighted by Crippen LogP contribution is 2.19. The highest BCUT2D eigenvalue weighted by atomic mass is 32.2. The van der Waals surface area contributed by atoms with Gasteiger partial charge < -0.3 is 20.7 Å². The summed E-state index contributed by atoms with van der Waals surface area (Å²) in [5, 5.41) is 2.77. The van der Waals surface area contributed by atoms with E-state index in [2.05, 4.69) is 5.32 Å². The van der Waals surface area contributed by atoms with Crippen LogP contribution in [0.25, 0.3) is 0 Å². The first-order chi connectivity index (χ1) is 11.0. The van der Waals surface area contributed by atoms with E-state index in [4.69, 9.17) is 10.5 Å². The fraction of sp³-hybridized carbons (Fsp3) is 0.500. The van der Waals surface area contributed by atoms with Crippen molar-refractivity contribution in [1.29, 1.82) is 0 Å². The van der Waals surface area contributed by atoms with Crippen molar-refractivity contribution in [3.8, 4) is 0 Å². The van der Waals surface area contributed by atoms with Gasteiger partial charge in [0.05, 0.1) is 6.61 Å². The number of nitrogens with one attached hydrogen (secondary N) is 1. The van der Waals surface area contributed by atoms with Crippen LogP contribution in [-0.4, -0.2) is 61.1 Å². The molecule has 1 saturated heterocycles. The van der Waals surface area contributed by atoms with Crippen LogP contribution in [0.2, 0.25) is 0 Å². The predicted molar refractivity (Wildman–Crippen MR) is 92.9 cm³/mol. The summed E-state index contributed by atoms with van der Waals surface area (Å²) in [5.41, 5.74) is 7.84. The number of anilines is 1. The summed E-state index contributed by atoms with van der Waals surface area (Å²) in [7, 11) is 1.50. The number of carbonyl (C=O) groups is 2. The Morgan fingerprint density at radius 2 is 2.09 bits per heavy atom. The van der Waals surface area contributed by atoms with Crippen LogP contribution in [-0.2, 0) is 9.53 Å². The van der Waals surface area contributed by atoms with Gasteiger partial charge in [-0.1, -0.05) is 0 Å². The maximum Gasteiger partial charge on any atom is 0.253 e. The molecule has 1 aliphatic heterocycles. The summed E-state index contributed by atoms with van der Waals surface area (Å²) >= 11 is 1.87. The second kappa shape index (κ2) is 8.33. The number of hydrogen-bond acceptors (Lipinski definition) is 5. The number of hydrogen-bond donors (Lipinski definition) is 2. The number of methoxy groups -OCH3 is 1. The molecular weight excluding hydrogens is 314 g/mol. The number of nitrogens with two attached hydrogens (primary N) is 1. The third-order valence-electron chi connectivity index (χ3n) is 3.71. The standard InChI is InChI=1S/C16H23N3O3S/c1-11-9-12(16(21)19-5-7-23-8-6-19)3-4-14(11)18-15(20)13(17)10-22-2/h3-4,9,13H,5-8,10,17H2,1-2H3,(H,18,20). The van der Waals surface area contributed by atoms with Crippen LogP contribution in [0.3, 0.4) is 0 Å². The van der Waals surface area contributed by atoms with Crippen molar-refractivity contribution in [3.63, 3.8) is 0 Å². The molecule has 3 N–H and O–H groups in total. The van der Waals surface area contributed by atoms with Gasteiger partial charge in [0.1, 0.15) is 6.04 Å². The smallest absolute Gasteiger partial charge is 0.253 e. The third kappa shape index (κ3) is 4.70. The Morgan fingerprint density at radius 3 is 2.70 bits per heavy atom. The first-order valence-electron chi connectivity index (χ1n) is 7.56. The van der Waals surface area contributed by atoms with Gasteiger partial charge in [-0.25, -0.2) is 0 Å². The maximum absolute atomic E-state index is 12.5. The Bertz CT molecular complexity index is 574. The SMILES string of the molecule is COCC(N)C(=O)Nc1ccc(C(=O)N2CCSCC2)cc1C. The molecule has 7 heteroatoms. The third-order valence-corrected chi connectivity index (χ3v) is 4.66. The van der Waals surface area contributed by atoms with Gasteiger partial charge in [-0.2, -0.15) is 11.8 Å². The summed E-state index contributed by atoms with van der Waals surface area (Å²) in [6.07, 6.45) is 0. The second-order valence-electron chi connectivity index (χ2n) is 5.49. The van der Waals surface area contributed by atoms with Crippen molar-refractivity contribution < 1.29 is 14.3 Å². The number of amides is 2. The first-order valence-corrected chi connectivity index (χ1v) is 8.71. The summed E-state index contributed by atoms with van der Waals surface area (Å²) in [6.45, 7) is 3.59. The zero-order valence-corrected chi connectivity index (χ0v) is 14.3. The van der Waals surface area contributed by atoms with E-state index in [-0.39, 0.29) is 18.4 Å². The largest absolute Gasteiger partial charge is 0.383 e. The minimum absolute atomic E-state index is 0.0439. The molecule has 126 valence electrons. The molecule has 1 aliphatic rings. The van der Waals surface area contributed by atoms with Crippen LogP contribution in [0, 0.1) is 6.92 Å². The van der Waals surface area contributed by atoms with Crippen molar-refractivity contribution in [1.82, 2.24) is 4.90 Å². The van der Waals surface area contributed by atoms with Crippen molar-refractivity contribution in [2.45, 2.75) is 13.0 Å². The molecule has 0 bridgehead atoms. The Morgan fingerprint density at radius 1 is 1.39 bits per heavy atom. The molecule has 0 aliphatic carbocycles. The van der Waals surface area contributed by atoms with E-state index in [0.717, 1.165) is 30.2 Å². The zero-order chi connectivity index (χ0) is 16.8. The Balaban J connectivity index is 2.05. The molecule has 1 unspecified atom stereocenters. The number of ether oxygens (including phenoxy) is 1. The lowest BCUT2D eigenvalue weighted by Gasteiger charge is -2.26. The molecule has 2 amide bonds. The molecule has 23 heavy (non-hydrogen) atoms. The summed E-state index contributed by atoms with van der Waals surface area (Å²) < 4.78 is 4.87. The van der Waals surface area contributed by atoms with Gasteiger partial charge in [-0.15, -0.1) is 0 Å². The maximum atomic E-state index is 12.5. The molecule has 1 atom stereocenters. The Hall–Kier alpha value is -1.57. The highest BCUT2D eigenvalue weighted by molar-refractivity contribution is 7.99. The lowest BCUT2D eigenvalue weighted by molar-refractivity contribution is -0.118. The zero-order valence-electron chi connectivity index (χ0n) is 13.5. The normalized spacial score (nSPS) is 16.0. The van der Waals surface area contributed by atoms with E-state index in [9.17, 15) is 9.59 Å². The lowest BCUT2D eigenvalue weighted by atomic mass is 10.1. The summed E-state index contributed by atoms with van der Waals surface area (Å²) in [6, 6.07) is 4.58. The van der Waals surface area contributed by atoms with Crippen LogP contribution in [0.5, 0.6) is 0 Å². The topological polar surface area (TPSA) is 84.7 Å². The average Bonchev–Trinajstić information content (AvgIpc) is 2.57. The Kier molecular flexibility index (Phi) is 6.44. The van der Waals surface area contributed by atoms with Crippen LogP contribution >= 0.6 is 11.8 Å². The van der Waals surface area contributed by atoms with Crippen LogP contribution in [0.15, 0.2) is 18.2 Å². The van der Waals surface area contributed by atoms with E-state index in [0.29, 0.717) is 11.3 Å². The van der Waals surface area contributed by atoms with Gasteiger partial charge in [0.25, 0.3) is 5.91 Å². The van der Waals surface area contributed by atoms with E-state index < -0.39 is 6.04 Å². The minimum Gasteiger partial charge on any atom is -0.383 e. The van der Waals surface area contributed by atoms with Gasteiger partial charge >= 0.3 is 0 Å². The van der Waals surface area contributed by atoms with Crippen LogP contribution < -0.4 is 11.1 Å². The van der Waals surface area contributed by atoms with E-state index in [1.54, 1.807) is 12.1 Å². The van der Waals surface area contributed by atoms with Crippen molar-refractivity contribution in [2.24, 2.45) is 5.73 Å². The summed E-state index contributed by atoms with van der Waals surface area (Å²) in [5.74, 6) is 1.71. The molecule has 1 fully saturated rings.